The summed E-state index contributed by atoms with van der Waals surface area (Å²) in [6.07, 6.45) is 3.41. The summed E-state index contributed by atoms with van der Waals surface area (Å²) in [7, 11) is 0. The molecule has 0 saturated carbocycles. The number of rotatable bonds is 8. The van der Waals surface area contributed by atoms with E-state index in [0.29, 0.717) is 23.5 Å². The van der Waals surface area contributed by atoms with Crippen LogP contribution in [0.25, 0.3) is 0 Å². The molecule has 1 aromatic heterocycles. The van der Waals surface area contributed by atoms with E-state index >= 15 is 0 Å². The van der Waals surface area contributed by atoms with Crippen molar-refractivity contribution in [2.45, 2.75) is 20.1 Å². The largest absolute Gasteiger partial charge is 0.487 e. The van der Waals surface area contributed by atoms with Gasteiger partial charge in [-0.3, -0.25) is 19.6 Å². The quantitative estimate of drug-likeness (QED) is 0.262. The molecule has 0 spiro atoms. The zero-order chi connectivity index (χ0) is 24.1. The minimum Gasteiger partial charge on any atom is -0.487 e. The van der Waals surface area contributed by atoms with Gasteiger partial charge < -0.3 is 10.1 Å². The number of aryl methyl sites for hydroxylation is 1. The van der Waals surface area contributed by atoms with E-state index in [1.54, 1.807) is 41.3 Å². The molecule has 0 bridgehead atoms. The number of halogens is 1. The Morgan fingerprint density at radius 3 is 2.62 bits per heavy atom. The lowest BCUT2D eigenvalue weighted by Gasteiger charge is -2.09. The van der Waals surface area contributed by atoms with Crippen LogP contribution in [0.5, 0.6) is 5.75 Å². The Kier molecular flexibility index (Phi) is 6.89. The van der Waals surface area contributed by atoms with Gasteiger partial charge in [0.1, 0.15) is 12.4 Å². The highest BCUT2D eigenvalue weighted by Gasteiger charge is 2.11. The van der Waals surface area contributed by atoms with Crippen LogP contribution in [-0.2, 0) is 13.2 Å². The SMILES string of the molecule is Cc1ccccc1Cn1cc(NC(=O)c2ccc(COc3ccc([N+](=O)[O-])cc3Cl)cc2)cn1. The predicted molar refractivity (Wildman–Crippen MR) is 129 cm³/mol. The second-order valence-corrected chi connectivity index (χ2v) is 8.07. The number of nitrogens with zero attached hydrogens (tertiary/aromatic N) is 3. The fourth-order valence-corrected chi connectivity index (χ4v) is 3.54. The number of hydrogen-bond donors (Lipinski definition) is 1. The second kappa shape index (κ2) is 10.2. The summed E-state index contributed by atoms with van der Waals surface area (Å²) in [5, 5.41) is 18.1. The zero-order valence-electron chi connectivity index (χ0n) is 18.3. The van der Waals surface area contributed by atoms with Crippen LogP contribution in [0.15, 0.2) is 79.1 Å². The Hall–Kier alpha value is -4.17. The summed E-state index contributed by atoms with van der Waals surface area (Å²) >= 11 is 6.05. The molecule has 0 aliphatic carbocycles. The lowest BCUT2D eigenvalue weighted by atomic mass is 10.1. The molecule has 0 atom stereocenters. The van der Waals surface area contributed by atoms with E-state index < -0.39 is 4.92 Å². The number of non-ortho nitro benzene ring substituents is 1. The summed E-state index contributed by atoms with van der Waals surface area (Å²) < 4.78 is 7.43. The van der Waals surface area contributed by atoms with Gasteiger partial charge in [-0.1, -0.05) is 48.0 Å². The van der Waals surface area contributed by atoms with Gasteiger partial charge in [0.15, 0.2) is 0 Å². The number of anilines is 1. The first-order valence-corrected chi connectivity index (χ1v) is 10.8. The molecule has 0 unspecified atom stereocenters. The molecule has 3 aromatic carbocycles. The van der Waals surface area contributed by atoms with Crippen LogP contribution >= 0.6 is 11.6 Å². The molecule has 34 heavy (non-hydrogen) atoms. The monoisotopic (exact) mass is 476 g/mol. The van der Waals surface area contributed by atoms with Gasteiger partial charge in [-0.2, -0.15) is 5.10 Å². The first-order chi connectivity index (χ1) is 16.4. The Morgan fingerprint density at radius 1 is 1.15 bits per heavy atom. The third kappa shape index (κ3) is 5.60. The fraction of sp³-hybridized carbons (Fsp3) is 0.120. The predicted octanol–water partition coefficient (Wildman–Crippen LogP) is 5.63. The van der Waals surface area contributed by atoms with Crippen molar-refractivity contribution in [2.75, 3.05) is 5.32 Å². The van der Waals surface area contributed by atoms with E-state index in [4.69, 9.17) is 16.3 Å². The van der Waals surface area contributed by atoms with Gasteiger partial charge in [0.05, 0.1) is 28.4 Å². The van der Waals surface area contributed by atoms with Crippen LogP contribution in [0.2, 0.25) is 5.02 Å². The minimum absolute atomic E-state index is 0.103. The Morgan fingerprint density at radius 2 is 1.91 bits per heavy atom. The van der Waals surface area contributed by atoms with Crippen molar-refractivity contribution < 1.29 is 14.5 Å². The van der Waals surface area contributed by atoms with E-state index in [-0.39, 0.29) is 23.2 Å². The maximum absolute atomic E-state index is 12.6. The number of nitro groups is 1. The van der Waals surface area contributed by atoms with Gasteiger partial charge in [0.2, 0.25) is 0 Å². The number of amides is 1. The topological polar surface area (TPSA) is 99.3 Å². The van der Waals surface area contributed by atoms with E-state index in [2.05, 4.69) is 29.5 Å². The molecule has 0 radical (unpaired) electrons. The van der Waals surface area contributed by atoms with Crippen molar-refractivity contribution in [3.8, 4) is 5.75 Å². The van der Waals surface area contributed by atoms with Crippen molar-refractivity contribution in [3.63, 3.8) is 0 Å². The lowest BCUT2D eigenvalue weighted by molar-refractivity contribution is -0.384. The molecule has 0 aliphatic heterocycles. The number of benzene rings is 3. The average molecular weight is 477 g/mol. The maximum Gasteiger partial charge on any atom is 0.271 e. The highest BCUT2D eigenvalue weighted by atomic mass is 35.5. The van der Waals surface area contributed by atoms with Gasteiger partial charge in [0, 0.05) is 23.9 Å². The standard InChI is InChI=1S/C25H21ClN4O4/c1-17-4-2-3-5-20(17)14-29-15-21(13-27-29)28-25(31)19-8-6-18(7-9-19)16-34-24-11-10-22(30(32)33)12-23(24)26/h2-13,15H,14,16H2,1H3,(H,28,31). The molecule has 0 fully saturated rings. The number of ether oxygens (including phenoxy) is 1. The third-order valence-electron chi connectivity index (χ3n) is 5.22. The number of nitro benzene ring substituents is 1. The summed E-state index contributed by atoms with van der Waals surface area (Å²) in [5.41, 5.74) is 4.16. The summed E-state index contributed by atoms with van der Waals surface area (Å²) in [4.78, 5) is 22.9. The van der Waals surface area contributed by atoms with Crippen LogP contribution in [0, 0.1) is 17.0 Å². The number of nitrogens with one attached hydrogen (secondary N) is 1. The Labute approximate surface area is 200 Å². The highest BCUT2D eigenvalue weighted by Crippen LogP contribution is 2.29. The number of carbonyl (C=O) groups excluding carboxylic acids is 1. The highest BCUT2D eigenvalue weighted by molar-refractivity contribution is 6.32. The molecule has 0 saturated heterocycles. The number of hydrogen-bond acceptors (Lipinski definition) is 5. The Balaban J connectivity index is 1.33. The van der Waals surface area contributed by atoms with Crippen LogP contribution in [-0.4, -0.2) is 20.6 Å². The van der Waals surface area contributed by atoms with E-state index in [1.165, 1.54) is 23.8 Å². The molecule has 172 valence electrons. The summed E-state index contributed by atoms with van der Waals surface area (Å²) in [5.74, 6) is 0.0955. The normalized spacial score (nSPS) is 10.6. The van der Waals surface area contributed by atoms with Gasteiger partial charge >= 0.3 is 0 Å². The van der Waals surface area contributed by atoms with Crippen LogP contribution in [0.3, 0.4) is 0 Å². The lowest BCUT2D eigenvalue weighted by Crippen LogP contribution is -2.11. The molecule has 9 heteroatoms. The maximum atomic E-state index is 12.6. The number of aromatic nitrogens is 2. The average Bonchev–Trinajstić information content (AvgIpc) is 3.26. The molecule has 4 rings (SSSR count). The van der Waals surface area contributed by atoms with E-state index in [0.717, 1.165) is 11.1 Å². The molecule has 1 heterocycles. The van der Waals surface area contributed by atoms with Crippen molar-refractivity contribution in [1.29, 1.82) is 0 Å². The Bertz CT molecular complexity index is 1340. The summed E-state index contributed by atoms with van der Waals surface area (Å²) in [6, 6.07) is 19.1. The molecule has 1 amide bonds. The van der Waals surface area contributed by atoms with Crippen LogP contribution in [0.4, 0.5) is 11.4 Å². The van der Waals surface area contributed by atoms with E-state index in [1.807, 2.05) is 12.1 Å². The van der Waals surface area contributed by atoms with Crippen LogP contribution < -0.4 is 10.1 Å². The first-order valence-electron chi connectivity index (χ1n) is 10.4. The van der Waals surface area contributed by atoms with Crippen molar-refractivity contribution in [2.24, 2.45) is 0 Å². The molecule has 4 aromatic rings. The molecule has 1 N–H and O–H groups in total. The van der Waals surface area contributed by atoms with Crippen molar-refractivity contribution in [3.05, 3.63) is 117 Å². The minimum atomic E-state index is -0.519. The van der Waals surface area contributed by atoms with Gasteiger partial charge in [-0.15, -0.1) is 0 Å². The van der Waals surface area contributed by atoms with Gasteiger partial charge in [0.25, 0.3) is 11.6 Å². The summed E-state index contributed by atoms with van der Waals surface area (Å²) in [6.45, 7) is 2.87. The van der Waals surface area contributed by atoms with Gasteiger partial charge in [-0.05, 0) is 41.8 Å². The van der Waals surface area contributed by atoms with Crippen LogP contribution in [0.1, 0.15) is 27.0 Å². The third-order valence-corrected chi connectivity index (χ3v) is 5.52. The molecular weight excluding hydrogens is 456 g/mol. The fourth-order valence-electron chi connectivity index (χ4n) is 3.31. The second-order valence-electron chi connectivity index (χ2n) is 7.66. The number of carbonyl (C=O) groups is 1. The molecule has 8 nitrogen and oxygen atoms in total. The smallest absolute Gasteiger partial charge is 0.271 e. The zero-order valence-corrected chi connectivity index (χ0v) is 19.0. The first kappa shape index (κ1) is 23.0. The molecular formula is C25H21ClN4O4. The van der Waals surface area contributed by atoms with Crippen molar-refractivity contribution >= 4 is 28.9 Å². The van der Waals surface area contributed by atoms with Gasteiger partial charge in [-0.25, -0.2) is 0 Å². The van der Waals surface area contributed by atoms with E-state index in [9.17, 15) is 14.9 Å². The molecule has 0 aliphatic rings. The van der Waals surface area contributed by atoms with Crippen molar-refractivity contribution in [1.82, 2.24) is 9.78 Å².